The molecular weight excluding hydrogens is 180 g/mol. The highest BCUT2D eigenvalue weighted by Gasteiger charge is 2.29. The first-order chi connectivity index (χ1) is 6.60. The van der Waals surface area contributed by atoms with E-state index in [0.29, 0.717) is 12.8 Å². The minimum absolute atomic E-state index is 0.0627. The highest BCUT2D eigenvalue weighted by atomic mass is 16.5. The van der Waals surface area contributed by atoms with Crippen LogP contribution in [0.15, 0.2) is 0 Å². The van der Waals surface area contributed by atoms with Gasteiger partial charge in [0.15, 0.2) is 0 Å². The maximum absolute atomic E-state index is 10.6. The number of aliphatic hydroxyl groups excluding tert-OH is 1. The van der Waals surface area contributed by atoms with Gasteiger partial charge in [0.05, 0.1) is 6.61 Å². The predicted octanol–water partition coefficient (Wildman–Crippen LogP) is 0.575. The normalized spacial score (nSPS) is 10.0. The summed E-state index contributed by atoms with van der Waals surface area (Å²) in [5.74, 6) is 4.44. The SMILES string of the molecule is C#CCC(CO)(CC#C)COC(C)=O. The van der Waals surface area contributed by atoms with Gasteiger partial charge in [0.2, 0.25) is 0 Å². The fraction of sp³-hybridized carbons (Fsp3) is 0.545. The Labute approximate surface area is 84.5 Å². The van der Waals surface area contributed by atoms with Crippen LogP contribution in [0.4, 0.5) is 0 Å². The van der Waals surface area contributed by atoms with Crippen LogP contribution >= 0.6 is 0 Å². The summed E-state index contributed by atoms with van der Waals surface area (Å²) in [4.78, 5) is 10.6. The summed E-state index contributed by atoms with van der Waals surface area (Å²) < 4.78 is 4.81. The van der Waals surface area contributed by atoms with E-state index in [4.69, 9.17) is 22.7 Å². The largest absolute Gasteiger partial charge is 0.465 e. The van der Waals surface area contributed by atoms with Crippen LogP contribution in [0.1, 0.15) is 19.8 Å². The summed E-state index contributed by atoms with van der Waals surface area (Å²) in [6.07, 6.45) is 10.9. The third kappa shape index (κ3) is 3.98. The van der Waals surface area contributed by atoms with Crippen molar-refractivity contribution in [1.82, 2.24) is 0 Å². The molecule has 0 spiro atoms. The monoisotopic (exact) mass is 194 g/mol. The highest BCUT2D eigenvalue weighted by Crippen LogP contribution is 2.25. The lowest BCUT2D eigenvalue weighted by molar-refractivity contribution is -0.145. The minimum atomic E-state index is -0.685. The van der Waals surface area contributed by atoms with Crippen molar-refractivity contribution in [2.75, 3.05) is 13.2 Å². The number of ether oxygens (including phenoxy) is 1. The van der Waals surface area contributed by atoms with Gasteiger partial charge in [-0.1, -0.05) is 0 Å². The number of terminal acetylenes is 2. The molecule has 0 aromatic heterocycles. The standard InChI is InChI=1S/C11H14O3/c1-4-6-11(8-12,7-5-2)9-14-10(3)13/h1-2,12H,6-9H2,3H3. The Balaban J connectivity index is 4.43. The molecule has 0 amide bonds. The number of rotatable bonds is 5. The van der Waals surface area contributed by atoms with Gasteiger partial charge in [-0.15, -0.1) is 24.7 Å². The maximum atomic E-state index is 10.6. The second kappa shape index (κ2) is 6.07. The Morgan fingerprint density at radius 1 is 1.43 bits per heavy atom. The number of aliphatic hydroxyl groups is 1. The summed E-state index contributed by atoms with van der Waals surface area (Å²) >= 11 is 0. The molecule has 0 rings (SSSR count). The van der Waals surface area contributed by atoms with Gasteiger partial charge in [0.1, 0.15) is 6.61 Å². The number of hydrogen-bond acceptors (Lipinski definition) is 3. The second-order valence-electron chi connectivity index (χ2n) is 3.20. The molecule has 1 N–H and O–H groups in total. The van der Waals surface area contributed by atoms with Gasteiger partial charge < -0.3 is 9.84 Å². The van der Waals surface area contributed by atoms with E-state index < -0.39 is 11.4 Å². The van der Waals surface area contributed by atoms with Crippen LogP contribution in [0.25, 0.3) is 0 Å². The molecule has 14 heavy (non-hydrogen) atoms. The molecule has 0 saturated heterocycles. The maximum Gasteiger partial charge on any atom is 0.302 e. The van der Waals surface area contributed by atoms with Gasteiger partial charge in [-0.25, -0.2) is 0 Å². The molecular formula is C11H14O3. The predicted molar refractivity (Wildman–Crippen MR) is 53.1 cm³/mol. The lowest BCUT2D eigenvalue weighted by Crippen LogP contribution is -2.31. The number of carbonyl (C=O) groups excluding carboxylic acids is 1. The van der Waals surface area contributed by atoms with Gasteiger partial charge in [-0.2, -0.15) is 0 Å². The Hall–Kier alpha value is -1.45. The molecule has 0 bridgehead atoms. The van der Waals surface area contributed by atoms with E-state index in [1.807, 2.05) is 0 Å². The molecule has 0 aliphatic carbocycles. The van der Waals surface area contributed by atoms with Crippen molar-refractivity contribution >= 4 is 5.97 Å². The molecule has 0 aromatic carbocycles. The van der Waals surface area contributed by atoms with Gasteiger partial charge in [-0.3, -0.25) is 4.79 Å². The zero-order chi connectivity index (χ0) is 11.0. The first-order valence-corrected chi connectivity index (χ1v) is 4.21. The fourth-order valence-electron chi connectivity index (χ4n) is 1.01. The molecule has 3 heteroatoms. The second-order valence-corrected chi connectivity index (χ2v) is 3.20. The van der Waals surface area contributed by atoms with Crippen LogP contribution in [0.3, 0.4) is 0 Å². The Morgan fingerprint density at radius 3 is 2.21 bits per heavy atom. The smallest absolute Gasteiger partial charge is 0.302 e. The van der Waals surface area contributed by atoms with Gasteiger partial charge in [-0.05, 0) is 0 Å². The average molecular weight is 194 g/mol. The van der Waals surface area contributed by atoms with Crippen LogP contribution in [0.5, 0.6) is 0 Å². The van der Waals surface area contributed by atoms with E-state index >= 15 is 0 Å². The molecule has 0 heterocycles. The van der Waals surface area contributed by atoms with E-state index in [9.17, 15) is 4.79 Å². The van der Waals surface area contributed by atoms with Gasteiger partial charge >= 0.3 is 5.97 Å². The van der Waals surface area contributed by atoms with E-state index in [-0.39, 0.29) is 13.2 Å². The molecule has 0 saturated carbocycles. The van der Waals surface area contributed by atoms with E-state index in [1.54, 1.807) is 0 Å². The summed E-state index contributed by atoms with van der Waals surface area (Å²) in [5.41, 5.74) is -0.685. The highest BCUT2D eigenvalue weighted by molar-refractivity contribution is 5.65. The van der Waals surface area contributed by atoms with Gasteiger partial charge in [0, 0.05) is 25.2 Å². The first-order valence-electron chi connectivity index (χ1n) is 4.21. The molecule has 0 unspecified atom stereocenters. The fourth-order valence-corrected chi connectivity index (χ4v) is 1.01. The van der Waals surface area contributed by atoms with Crippen molar-refractivity contribution in [2.45, 2.75) is 19.8 Å². The van der Waals surface area contributed by atoms with Crippen molar-refractivity contribution in [3.8, 4) is 24.7 Å². The molecule has 3 nitrogen and oxygen atoms in total. The lowest BCUT2D eigenvalue weighted by atomic mass is 9.83. The minimum Gasteiger partial charge on any atom is -0.465 e. The van der Waals surface area contributed by atoms with Crippen molar-refractivity contribution in [3.05, 3.63) is 0 Å². The molecule has 0 radical (unpaired) electrons. The number of carbonyl (C=O) groups is 1. The molecule has 0 aliphatic rings. The summed E-state index contributed by atoms with van der Waals surface area (Å²) in [6.45, 7) is 1.18. The lowest BCUT2D eigenvalue weighted by Gasteiger charge is -2.26. The molecule has 0 aliphatic heterocycles. The van der Waals surface area contributed by atoms with Crippen molar-refractivity contribution in [2.24, 2.45) is 5.41 Å². The quantitative estimate of drug-likeness (QED) is 0.514. The Morgan fingerprint density at radius 2 is 1.93 bits per heavy atom. The van der Waals surface area contributed by atoms with Crippen molar-refractivity contribution in [1.29, 1.82) is 0 Å². The van der Waals surface area contributed by atoms with Crippen LogP contribution in [0.2, 0.25) is 0 Å². The Kier molecular flexibility index (Phi) is 5.44. The molecule has 0 aromatic rings. The van der Waals surface area contributed by atoms with Crippen LogP contribution in [-0.4, -0.2) is 24.3 Å². The topological polar surface area (TPSA) is 46.5 Å². The van der Waals surface area contributed by atoms with E-state index in [2.05, 4.69) is 11.8 Å². The van der Waals surface area contributed by atoms with Crippen molar-refractivity contribution < 1.29 is 14.6 Å². The zero-order valence-corrected chi connectivity index (χ0v) is 8.25. The Bertz CT molecular complexity index is 251. The van der Waals surface area contributed by atoms with E-state index in [1.165, 1.54) is 6.92 Å². The van der Waals surface area contributed by atoms with Gasteiger partial charge in [0.25, 0.3) is 0 Å². The summed E-state index contributed by atoms with van der Waals surface area (Å²) in [6, 6.07) is 0. The molecule has 76 valence electrons. The molecule has 0 fully saturated rings. The van der Waals surface area contributed by atoms with E-state index in [0.717, 1.165) is 0 Å². The zero-order valence-electron chi connectivity index (χ0n) is 8.25. The summed E-state index contributed by atoms with van der Waals surface area (Å²) in [5, 5.41) is 9.17. The van der Waals surface area contributed by atoms with Crippen LogP contribution in [-0.2, 0) is 9.53 Å². The average Bonchev–Trinajstić information content (AvgIpc) is 2.15. The van der Waals surface area contributed by atoms with Crippen LogP contribution < -0.4 is 0 Å². The number of hydrogen-bond donors (Lipinski definition) is 1. The first kappa shape index (κ1) is 12.6. The van der Waals surface area contributed by atoms with Crippen molar-refractivity contribution in [3.63, 3.8) is 0 Å². The third-order valence-electron chi connectivity index (χ3n) is 1.87. The summed E-state index contributed by atoms with van der Waals surface area (Å²) in [7, 11) is 0. The number of esters is 1. The molecule has 0 atom stereocenters. The van der Waals surface area contributed by atoms with Crippen LogP contribution in [0, 0.1) is 30.1 Å². The third-order valence-corrected chi connectivity index (χ3v) is 1.87.